The van der Waals surface area contributed by atoms with Gasteiger partial charge in [0.2, 0.25) is 5.82 Å². The molecule has 4 rings (SSSR count). The number of tetrazole rings is 1. The molecule has 1 aliphatic carbocycles. The summed E-state index contributed by atoms with van der Waals surface area (Å²) in [7, 11) is 5.70. The second kappa shape index (κ2) is 8.45. The highest BCUT2D eigenvalue weighted by Gasteiger charge is 2.38. The third kappa shape index (κ3) is 3.71. The second-order valence-electron chi connectivity index (χ2n) is 8.08. The molecule has 8 heteroatoms. The van der Waals surface area contributed by atoms with Crippen LogP contribution in [0.4, 0.5) is 0 Å². The topological polar surface area (TPSA) is 70.9 Å². The van der Waals surface area contributed by atoms with E-state index in [1.165, 1.54) is 17.7 Å². The normalized spacial score (nSPS) is 24.2. The number of hydrogen-bond donors (Lipinski definition) is 2. The smallest absolute Gasteiger partial charge is 0.214 e. The minimum Gasteiger partial charge on any atom is -0.497 e. The zero-order chi connectivity index (χ0) is 19.5. The zero-order valence-electron chi connectivity index (χ0n) is 17.1. The SMILES string of the molecule is COc1ccc(OC)c([C@@H](c2nnnn2C2CCCC2)[NH+]2CC[NH+](C)CC2)c1. The summed E-state index contributed by atoms with van der Waals surface area (Å²) in [5.74, 6) is 2.65. The summed E-state index contributed by atoms with van der Waals surface area (Å²) in [5, 5.41) is 13.1. The predicted octanol–water partition coefficient (Wildman–Crippen LogP) is -0.692. The van der Waals surface area contributed by atoms with Crippen molar-refractivity contribution in [3.8, 4) is 11.5 Å². The van der Waals surface area contributed by atoms with E-state index in [-0.39, 0.29) is 6.04 Å². The number of rotatable bonds is 6. The number of nitrogens with one attached hydrogen (secondary N) is 2. The largest absolute Gasteiger partial charge is 0.497 e. The Morgan fingerprint density at radius 1 is 1.07 bits per heavy atom. The molecule has 2 N–H and O–H groups in total. The van der Waals surface area contributed by atoms with Crippen molar-refractivity contribution in [2.45, 2.75) is 37.8 Å². The van der Waals surface area contributed by atoms with Gasteiger partial charge in [0.1, 0.15) is 37.7 Å². The number of piperazine rings is 1. The van der Waals surface area contributed by atoms with Crippen molar-refractivity contribution in [3.63, 3.8) is 0 Å². The number of ether oxygens (including phenoxy) is 2. The number of nitrogens with zero attached hydrogens (tertiary/aromatic N) is 4. The van der Waals surface area contributed by atoms with Crippen LogP contribution in [0.3, 0.4) is 0 Å². The Balaban J connectivity index is 1.79. The lowest BCUT2D eigenvalue weighted by Crippen LogP contribution is -3.27. The molecule has 1 atom stereocenters. The van der Waals surface area contributed by atoms with Gasteiger partial charge in [-0.2, -0.15) is 0 Å². The first kappa shape index (κ1) is 19.1. The summed E-state index contributed by atoms with van der Waals surface area (Å²) in [4.78, 5) is 3.07. The lowest BCUT2D eigenvalue weighted by atomic mass is 10.0. The molecule has 1 aromatic heterocycles. The molecular weight excluding hydrogens is 356 g/mol. The van der Waals surface area contributed by atoms with Crippen LogP contribution < -0.4 is 19.3 Å². The van der Waals surface area contributed by atoms with Crippen molar-refractivity contribution in [1.29, 1.82) is 0 Å². The van der Waals surface area contributed by atoms with Crippen LogP contribution in [0.25, 0.3) is 0 Å². The number of quaternary nitrogens is 2. The van der Waals surface area contributed by atoms with Crippen molar-refractivity contribution in [2.24, 2.45) is 0 Å². The first-order chi connectivity index (χ1) is 13.7. The maximum atomic E-state index is 5.75. The summed E-state index contributed by atoms with van der Waals surface area (Å²) >= 11 is 0. The van der Waals surface area contributed by atoms with Crippen LogP contribution in [0.2, 0.25) is 0 Å². The van der Waals surface area contributed by atoms with Crippen molar-refractivity contribution < 1.29 is 19.3 Å². The number of hydrogen-bond acceptors (Lipinski definition) is 5. The summed E-state index contributed by atoms with van der Waals surface area (Å²) in [5.41, 5.74) is 1.10. The Labute approximate surface area is 166 Å². The van der Waals surface area contributed by atoms with E-state index >= 15 is 0 Å². The number of aromatic nitrogens is 4. The van der Waals surface area contributed by atoms with E-state index in [0.717, 1.165) is 61.9 Å². The van der Waals surface area contributed by atoms with E-state index in [0.29, 0.717) is 6.04 Å². The molecule has 2 heterocycles. The Morgan fingerprint density at radius 2 is 1.82 bits per heavy atom. The lowest BCUT2D eigenvalue weighted by molar-refractivity contribution is -1.02. The van der Waals surface area contributed by atoms with Crippen molar-refractivity contribution >= 4 is 0 Å². The standard InChI is InChI=1S/C20H30N6O2/c1-24-10-12-25(13-11-24)19(17-14-16(27-2)8-9-18(17)28-3)20-21-22-23-26(20)15-6-4-5-7-15/h8-9,14-15,19H,4-7,10-13H2,1-3H3/p+2/t19-/m0/s1. The Kier molecular flexibility index (Phi) is 5.77. The van der Waals surface area contributed by atoms with Crippen molar-refractivity contribution in [3.05, 3.63) is 29.6 Å². The molecule has 2 aromatic rings. The maximum Gasteiger partial charge on any atom is 0.214 e. The van der Waals surface area contributed by atoms with Crippen LogP contribution in [0, 0.1) is 0 Å². The summed E-state index contributed by atoms with van der Waals surface area (Å²) in [6.45, 7) is 4.44. The van der Waals surface area contributed by atoms with Gasteiger partial charge in [0.05, 0.1) is 32.9 Å². The van der Waals surface area contributed by atoms with Gasteiger partial charge in [-0.1, -0.05) is 12.8 Å². The molecule has 1 aliphatic heterocycles. The van der Waals surface area contributed by atoms with Gasteiger partial charge in [-0.25, -0.2) is 4.68 Å². The van der Waals surface area contributed by atoms with Crippen LogP contribution in [0.5, 0.6) is 11.5 Å². The van der Waals surface area contributed by atoms with Gasteiger partial charge in [-0.15, -0.1) is 5.10 Å². The van der Waals surface area contributed by atoms with Crippen LogP contribution in [-0.2, 0) is 0 Å². The highest BCUT2D eigenvalue weighted by molar-refractivity contribution is 5.43. The quantitative estimate of drug-likeness (QED) is 0.685. The first-order valence-electron chi connectivity index (χ1n) is 10.4. The van der Waals surface area contributed by atoms with Gasteiger partial charge in [0, 0.05) is 0 Å². The lowest BCUT2D eigenvalue weighted by Gasteiger charge is -2.33. The molecule has 0 amide bonds. The van der Waals surface area contributed by atoms with Gasteiger partial charge in [-0.05, 0) is 41.5 Å². The maximum absolute atomic E-state index is 5.75. The first-order valence-corrected chi connectivity index (χ1v) is 10.4. The predicted molar refractivity (Wildman–Crippen MR) is 104 cm³/mol. The van der Waals surface area contributed by atoms with Crippen LogP contribution in [-0.4, -0.2) is 67.7 Å². The van der Waals surface area contributed by atoms with Crippen molar-refractivity contribution in [2.75, 3.05) is 47.4 Å². The molecule has 0 unspecified atom stereocenters. The van der Waals surface area contributed by atoms with E-state index in [2.05, 4.69) is 33.3 Å². The molecule has 152 valence electrons. The van der Waals surface area contributed by atoms with Gasteiger partial charge >= 0.3 is 0 Å². The molecule has 0 bridgehead atoms. The van der Waals surface area contributed by atoms with Crippen LogP contribution in [0.15, 0.2) is 18.2 Å². The van der Waals surface area contributed by atoms with E-state index in [1.54, 1.807) is 19.1 Å². The Morgan fingerprint density at radius 3 is 2.50 bits per heavy atom. The highest BCUT2D eigenvalue weighted by atomic mass is 16.5. The molecule has 0 radical (unpaired) electrons. The average Bonchev–Trinajstić information content (AvgIpc) is 3.41. The highest BCUT2D eigenvalue weighted by Crippen LogP contribution is 2.34. The number of likely N-dealkylation sites (N-methyl/N-ethyl adjacent to an activating group) is 1. The van der Waals surface area contributed by atoms with Crippen molar-refractivity contribution in [1.82, 2.24) is 20.2 Å². The molecule has 1 saturated heterocycles. The summed E-state index contributed by atoms with van der Waals surface area (Å²) < 4.78 is 13.4. The molecule has 0 spiro atoms. The summed E-state index contributed by atoms with van der Waals surface area (Å²) in [6.07, 6.45) is 4.81. The molecule has 28 heavy (non-hydrogen) atoms. The number of benzene rings is 1. The molecule has 8 nitrogen and oxygen atoms in total. The number of methoxy groups -OCH3 is 2. The second-order valence-corrected chi connectivity index (χ2v) is 8.08. The molecule has 1 saturated carbocycles. The fourth-order valence-corrected chi connectivity index (χ4v) is 4.69. The Bertz CT molecular complexity index is 781. The average molecular weight is 389 g/mol. The van der Waals surface area contributed by atoms with E-state index in [9.17, 15) is 0 Å². The third-order valence-corrected chi connectivity index (χ3v) is 6.35. The monoisotopic (exact) mass is 388 g/mol. The minimum absolute atomic E-state index is 0.0359. The fraction of sp³-hybridized carbons (Fsp3) is 0.650. The van der Waals surface area contributed by atoms with E-state index < -0.39 is 0 Å². The fourth-order valence-electron chi connectivity index (χ4n) is 4.69. The molecule has 2 aliphatic rings. The van der Waals surface area contributed by atoms with Gasteiger partial charge in [0.25, 0.3) is 0 Å². The third-order valence-electron chi connectivity index (χ3n) is 6.35. The van der Waals surface area contributed by atoms with Crippen LogP contribution in [0.1, 0.15) is 49.2 Å². The molecule has 1 aromatic carbocycles. The van der Waals surface area contributed by atoms with E-state index in [1.807, 2.05) is 12.1 Å². The minimum atomic E-state index is 0.0359. The summed E-state index contributed by atoms with van der Waals surface area (Å²) in [6, 6.07) is 6.47. The Hall–Kier alpha value is -2.19. The van der Waals surface area contributed by atoms with Crippen LogP contribution >= 0.6 is 0 Å². The molecule has 2 fully saturated rings. The van der Waals surface area contributed by atoms with E-state index in [4.69, 9.17) is 9.47 Å². The van der Waals surface area contributed by atoms with Gasteiger partial charge in [0.15, 0.2) is 6.04 Å². The zero-order valence-corrected chi connectivity index (χ0v) is 17.1. The molecular formula is C20H32N6O2+2. The van der Waals surface area contributed by atoms with Gasteiger partial charge in [-0.3, -0.25) is 0 Å². The van der Waals surface area contributed by atoms with Gasteiger partial charge < -0.3 is 19.3 Å².